The highest BCUT2D eigenvalue weighted by atomic mass is 16.2. The topological polar surface area (TPSA) is 87.3 Å². The Morgan fingerprint density at radius 1 is 1.33 bits per heavy atom. The highest BCUT2D eigenvalue weighted by molar-refractivity contribution is 6.04. The number of anilines is 1. The van der Waals surface area contributed by atoms with Gasteiger partial charge in [0.15, 0.2) is 0 Å². The Kier molecular flexibility index (Phi) is 4.57. The van der Waals surface area contributed by atoms with E-state index >= 15 is 0 Å². The fourth-order valence-corrected chi connectivity index (χ4v) is 2.14. The molecule has 3 N–H and O–H groups in total. The van der Waals surface area contributed by atoms with Crippen LogP contribution in [0.5, 0.6) is 0 Å². The summed E-state index contributed by atoms with van der Waals surface area (Å²) in [6, 6.07) is 6.55. The van der Waals surface area contributed by atoms with E-state index in [9.17, 15) is 14.4 Å². The number of rotatable bonds is 5. The van der Waals surface area contributed by atoms with Crippen LogP contribution in [-0.2, 0) is 9.59 Å². The van der Waals surface area contributed by atoms with Crippen LogP contribution < -0.4 is 16.0 Å². The number of hydrogen-bond acceptors (Lipinski definition) is 3. The molecule has 1 aliphatic rings. The summed E-state index contributed by atoms with van der Waals surface area (Å²) < 4.78 is 0. The first-order chi connectivity index (χ1) is 9.95. The number of carbonyl (C=O) groups is 3. The van der Waals surface area contributed by atoms with Crippen molar-refractivity contribution in [2.24, 2.45) is 0 Å². The highest BCUT2D eigenvalue weighted by Gasteiger charge is 2.29. The van der Waals surface area contributed by atoms with Crippen LogP contribution in [0.15, 0.2) is 24.3 Å². The maximum atomic E-state index is 11.9. The number of nitrogens with one attached hydrogen (secondary N) is 3. The van der Waals surface area contributed by atoms with E-state index in [1.165, 1.54) is 0 Å². The van der Waals surface area contributed by atoms with Crippen LogP contribution in [0, 0.1) is 0 Å². The van der Waals surface area contributed by atoms with E-state index < -0.39 is 12.1 Å². The number of urea groups is 1. The second-order valence-electron chi connectivity index (χ2n) is 5.38. The normalized spacial score (nSPS) is 17.6. The second kappa shape index (κ2) is 6.39. The van der Waals surface area contributed by atoms with Gasteiger partial charge in [-0.3, -0.25) is 14.9 Å². The molecular formula is C15H19N3O3. The van der Waals surface area contributed by atoms with Crippen LogP contribution in [-0.4, -0.2) is 23.9 Å². The number of benzene rings is 1. The van der Waals surface area contributed by atoms with Crippen molar-refractivity contribution in [3.05, 3.63) is 29.8 Å². The number of carbonyl (C=O) groups excluding carboxylic acids is 3. The van der Waals surface area contributed by atoms with Crippen molar-refractivity contribution in [3.8, 4) is 0 Å². The summed E-state index contributed by atoms with van der Waals surface area (Å²) in [6.45, 7) is 4.17. The Labute approximate surface area is 123 Å². The Morgan fingerprint density at radius 3 is 2.71 bits per heavy atom. The first kappa shape index (κ1) is 15.0. The molecule has 0 aromatic heterocycles. The summed E-state index contributed by atoms with van der Waals surface area (Å²) in [5.74, 6) is -0.168. The monoisotopic (exact) mass is 289 g/mol. The van der Waals surface area contributed by atoms with Crippen molar-refractivity contribution >= 4 is 23.5 Å². The third-order valence-corrected chi connectivity index (χ3v) is 3.36. The van der Waals surface area contributed by atoms with Gasteiger partial charge < -0.3 is 10.6 Å². The molecule has 0 bridgehead atoms. The van der Waals surface area contributed by atoms with Crippen molar-refractivity contribution in [2.75, 3.05) is 5.32 Å². The van der Waals surface area contributed by atoms with Gasteiger partial charge in [-0.25, -0.2) is 4.79 Å². The van der Waals surface area contributed by atoms with Gasteiger partial charge in [0, 0.05) is 12.1 Å². The molecule has 1 saturated heterocycles. The van der Waals surface area contributed by atoms with E-state index in [4.69, 9.17) is 0 Å². The molecule has 1 unspecified atom stereocenters. The zero-order chi connectivity index (χ0) is 15.4. The molecule has 0 saturated carbocycles. The van der Waals surface area contributed by atoms with Crippen LogP contribution >= 0.6 is 0 Å². The lowest BCUT2D eigenvalue weighted by Gasteiger charge is -2.10. The molecule has 1 aromatic rings. The van der Waals surface area contributed by atoms with Crippen LogP contribution in [0.2, 0.25) is 0 Å². The van der Waals surface area contributed by atoms with Crippen molar-refractivity contribution < 1.29 is 14.4 Å². The van der Waals surface area contributed by atoms with E-state index in [0.29, 0.717) is 5.92 Å². The Morgan fingerprint density at radius 2 is 2.10 bits per heavy atom. The van der Waals surface area contributed by atoms with Gasteiger partial charge in [-0.1, -0.05) is 26.0 Å². The molecule has 0 radical (unpaired) electrons. The minimum absolute atomic E-state index is 0.171. The van der Waals surface area contributed by atoms with Gasteiger partial charge in [0.05, 0.1) is 0 Å². The fraction of sp³-hybridized carbons (Fsp3) is 0.400. The van der Waals surface area contributed by atoms with Crippen molar-refractivity contribution in [3.63, 3.8) is 0 Å². The smallest absolute Gasteiger partial charge is 0.322 e. The van der Waals surface area contributed by atoms with Crippen molar-refractivity contribution in [1.29, 1.82) is 0 Å². The van der Waals surface area contributed by atoms with E-state index in [1.54, 1.807) is 0 Å². The summed E-state index contributed by atoms with van der Waals surface area (Å²) in [5.41, 5.74) is 1.89. The molecule has 21 heavy (non-hydrogen) atoms. The van der Waals surface area contributed by atoms with Gasteiger partial charge in [0.25, 0.3) is 5.91 Å². The summed E-state index contributed by atoms with van der Waals surface area (Å²) in [6.07, 6.45) is 0.456. The quantitative estimate of drug-likeness (QED) is 0.721. The minimum atomic E-state index is -0.620. The molecule has 112 valence electrons. The summed E-state index contributed by atoms with van der Waals surface area (Å²) in [4.78, 5) is 34.2. The molecule has 2 rings (SSSR count). The van der Waals surface area contributed by atoms with Crippen LogP contribution in [0.25, 0.3) is 0 Å². The maximum absolute atomic E-state index is 11.9. The molecule has 1 atom stereocenters. The van der Waals surface area contributed by atoms with Crippen LogP contribution in [0.1, 0.15) is 38.2 Å². The van der Waals surface area contributed by atoms with E-state index in [0.717, 1.165) is 11.3 Å². The first-order valence-corrected chi connectivity index (χ1v) is 6.97. The Hall–Kier alpha value is -2.37. The lowest BCUT2D eigenvalue weighted by Crippen LogP contribution is -2.30. The zero-order valence-electron chi connectivity index (χ0n) is 12.1. The SMILES string of the molecule is CC(C)c1cccc(NC(=O)CCC2NC(=O)NC2=O)c1. The largest absolute Gasteiger partial charge is 0.326 e. The Bertz CT molecular complexity index is 569. The molecule has 0 aliphatic carbocycles. The van der Waals surface area contributed by atoms with E-state index in [-0.39, 0.29) is 24.7 Å². The molecular weight excluding hydrogens is 270 g/mol. The van der Waals surface area contributed by atoms with Gasteiger partial charge in [-0.15, -0.1) is 0 Å². The lowest BCUT2D eigenvalue weighted by molar-refractivity contribution is -0.120. The molecule has 6 heteroatoms. The van der Waals surface area contributed by atoms with Crippen molar-refractivity contribution in [1.82, 2.24) is 10.6 Å². The molecule has 4 amide bonds. The predicted molar refractivity (Wildman–Crippen MR) is 78.9 cm³/mol. The molecule has 1 fully saturated rings. The highest BCUT2D eigenvalue weighted by Crippen LogP contribution is 2.18. The zero-order valence-corrected chi connectivity index (χ0v) is 12.1. The van der Waals surface area contributed by atoms with Gasteiger partial charge >= 0.3 is 6.03 Å². The number of imide groups is 1. The summed E-state index contributed by atoms with van der Waals surface area (Å²) >= 11 is 0. The standard InChI is InChI=1S/C15H19N3O3/c1-9(2)10-4-3-5-11(8-10)16-13(19)7-6-12-14(20)18-15(21)17-12/h3-5,8-9,12H,6-7H2,1-2H3,(H,16,19)(H2,17,18,20,21). The van der Waals surface area contributed by atoms with Gasteiger partial charge in [-0.05, 0) is 30.0 Å². The average molecular weight is 289 g/mol. The summed E-state index contributed by atoms with van der Waals surface area (Å²) in [7, 11) is 0. The molecule has 1 aliphatic heterocycles. The molecule has 1 heterocycles. The average Bonchev–Trinajstić information content (AvgIpc) is 2.75. The third kappa shape index (κ3) is 4.05. The minimum Gasteiger partial charge on any atom is -0.326 e. The second-order valence-corrected chi connectivity index (χ2v) is 5.38. The maximum Gasteiger partial charge on any atom is 0.322 e. The number of amides is 4. The van der Waals surface area contributed by atoms with E-state index in [2.05, 4.69) is 29.8 Å². The summed E-state index contributed by atoms with van der Waals surface area (Å²) in [5, 5.41) is 7.41. The predicted octanol–water partition coefficient (Wildman–Crippen LogP) is 1.74. The lowest BCUT2D eigenvalue weighted by atomic mass is 10.0. The Balaban J connectivity index is 1.86. The first-order valence-electron chi connectivity index (χ1n) is 6.97. The van der Waals surface area contributed by atoms with Gasteiger partial charge in [0.2, 0.25) is 5.91 Å². The molecule has 6 nitrogen and oxygen atoms in total. The van der Waals surface area contributed by atoms with Gasteiger partial charge in [0.1, 0.15) is 6.04 Å². The molecule has 0 spiro atoms. The van der Waals surface area contributed by atoms with Crippen molar-refractivity contribution in [2.45, 2.75) is 38.6 Å². The van der Waals surface area contributed by atoms with Crippen LogP contribution in [0.3, 0.4) is 0 Å². The van der Waals surface area contributed by atoms with E-state index in [1.807, 2.05) is 24.3 Å². The number of hydrogen-bond donors (Lipinski definition) is 3. The third-order valence-electron chi connectivity index (χ3n) is 3.36. The van der Waals surface area contributed by atoms with Gasteiger partial charge in [-0.2, -0.15) is 0 Å². The molecule has 1 aromatic carbocycles. The fourth-order valence-electron chi connectivity index (χ4n) is 2.14. The van der Waals surface area contributed by atoms with Crippen LogP contribution in [0.4, 0.5) is 10.5 Å².